The normalized spacial score (nSPS) is 12.5. The molecule has 0 saturated heterocycles. The molecule has 90 valence electrons. The van der Waals surface area contributed by atoms with Crippen molar-refractivity contribution >= 4 is 51.2 Å². The molecule has 1 atom stereocenters. The minimum absolute atomic E-state index is 0.284. The highest BCUT2D eigenvalue weighted by Crippen LogP contribution is 2.30. The van der Waals surface area contributed by atoms with E-state index >= 15 is 0 Å². The summed E-state index contributed by atoms with van der Waals surface area (Å²) in [7, 11) is 0. The highest BCUT2D eigenvalue weighted by molar-refractivity contribution is 14.1. The lowest BCUT2D eigenvalue weighted by molar-refractivity contribution is 0.908. The minimum Gasteiger partial charge on any atom is -0.377 e. The van der Waals surface area contributed by atoms with Gasteiger partial charge in [-0.3, -0.25) is 0 Å². The molecular weight excluding hydrogens is 365 g/mol. The van der Waals surface area contributed by atoms with Gasteiger partial charge in [-0.15, -0.1) is 11.3 Å². The Kier molecular flexibility index (Phi) is 4.33. The maximum Gasteiger partial charge on any atom is 0.0648 e. The molecule has 1 heterocycles. The van der Waals surface area contributed by atoms with Gasteiger partial charge in [0.2, 0.25) is 0 Å². The standard InChI is InChI=1S/C13H13ClINS/c1-8-3-6-13(17-8)9(2)16-12-5-4-10(15)7-11(12)14/h3-7,9,16H,1-2H3. The predicted molar refractivity (Wildman–Crippen MR) is 85.3 cm³/mol. The number of aryl methyl sites for hydroxylation is 1. The van der Waals surface area contributed by atoms with Crippen LogP contribution in [0, 0.1) is 10.5 Å². The van der Waals surface area contributed by atoms with Gasteiger partial charge < -0.3 is 5.32 Å². The maximum absolute atomic E-state index is 6.20. The third-order valence-electron chi connectivity index (χ3n) is 2.49. The highest BCUT2D eigenvalue weighted by Gasteiger charge is 2.09. The second-order valence-corrected chi connectivity index (χ2v) is 6.91. The molecule has 0 radical (unpaired) electrons. The number of benzene rings is 1. The largest absolute Gasteiger partial charge is 0.377 e. The third-order valence-corrected chi connectivity index (χ3v) is 4.66. The van der Waals surface area contributed by atoms with Crippen molar-refractivity contribution in [2.75, 3.05) is 5.32 Å². The molecular formula is C13H13ClINS. The Labute approximate surface area is 124 Å². The molecule has 17 heavy (non-hydrogen) atoms. The third kappa shape index (κ3) is 3.36. The molecule has 0 fully saturated rings. The van der Waals surface area contributed by atoms with Crippen molar-refractivity contribution in [2.45, 2.75) is 19.9 Å². The Balaban J connectivity index is 2.15. The van der Waals surface area contributed by atoms with Crippen LogP contribution >= 0.6 is 45.5 Å². The summed E-state index contributed by atoms with van der Waals surface area (Å²) in [5.74, 6) is 0. The highest BCUT2D eigenvalue weighted by atomic mass is 127. The fraction of sp³-hybridized carbons (Fsp3) is 0.231. The van der Waals surface area contributed by atoms with E-state index in [0.29, 0.717) is 0 Å². The summed E-state index contributed by atoms with van der Waals surface area (Å²) in [6, 6.07) is 10.6. The summed E-state index contributed by atoms with van der Waals surface area (Å²) >= 11 is 10.3. The number of rotatable bonds is 3. The van der Waals surface area contributed by atoms with Gasteiger partial charge >= 0.3 is 0 Å². The van der Waals surface area contributed by atoms with Crippen LogP contribution in [0.2, 0.25) is 5.02 Å². The fourth-order valence-electron chi connectivity index (χ4n) is 1.60. The number of nitrogens with one attached hydrogen (secondary N) is 1. The molecule has 0 spiro atoms. The Morgan fingerprint density at radius 1 is 1.29 bits per heavy atom. The SMILES string of the molecule is Cc1ccc(C(C)Nc2ccc(I)cc2Cl)s1. The van der Waals surface area contributed by atoms with E-state index in [1.807, 2.05) is 23.5 Å². The minimum atomic E-state index is 0.284. The number of halogens is 2. The lowest BCUT2D eigenvalue weighted by atomic mass is 10.2. The average Bonchev–Trinajstić information content (AvgIpc) is 2.69. The molecule has 0 aliphatic rings. The molecule has 1 aromatic heterocycles. The molecule has 0 aliphatic heterocycles. The van der Waals surface area contributed by atoms with Crippen molar-refractivity contribution in [3.63, 3.8) is 0 Å². The van der Waals surface area contributed by atoms with E-state index in [2.05, 4.69) is 60.0 Å². The summed E-state index contributed by atoms with van der Waals surface area (Å²) in [4.78, 5) is 2.67. The number of hydrogen-bond acceptors (Lipinski definition) is 2. The molecule has 0 amide bonds. The van der Waals surface area contributed by atoms with Crippen molar-refractivity contribution in [3.05, 3.63) is 48.7 Å². The van der Waals surface area contributed by atoms with Crippen LogP contribution in [-0.4, -0.2) is 0 Å². The second-order valence-electron chi connectivity index (χ2n) is 3.94. The molecule has 2 aromatic rings. The van der Waals surface area contributed by atoms with Gasteiger partial charge in [0.05, 0.1) is 16.8 Å². The molecule has 1 N–H and O–H groups in total. The fourth-order valence-corrected chi connectivity index (χ4v) is 3.39. The van der Waals surface area contributed by atoms with Crippen LogP contribution in [0.25, 0.3) is 0 Å². The van der Waals surface area contributed by atoms with Crippen molar-refractivity contribution in [2.24, 2.45) is 0 Å². The van der Waals surface area contributed by atoms with E-state index in [4.69, 9.17) is 11.6 Å². The lowest BCUT2D eigenvalue weighted by Crippen LogP contribution is -2.05. The first kappa shape index (κ1) is 13.2. The molecule has 0 saturated carbocycles. The molecule has 0 bridgehead atoms. The predicted octanol–water partition coefficient (Wildman–Crippen LogP) is 5.49. The van der Waals surface area contributed by atoms with E-state index < -0.39 is 0 Å². The lowest BCUT2D eigenvalue weighted by Gasteiger charge is -2.15. The zero-order chi connectivity index (χ0) is 12.4. The van der Waals surface area contributed by atoms with Gasteiger partial charge in [0.25, 0.3) is 0 Å². The van der Waals surface area contributed by atoms with E-state index in [1.165, 1.54) is 9.75 Å². The first-order valence-corrected chi connectivity index (χ1v) is 7.61. The first-order valence-electron chi connectivity index (χ1n) is 5.34. The van der Waals surface area contributed by atoms with Crippen LogP contribution in [0.3, 0.4) is 0 Å². The Bertz CT molecular complexity index is 524. The van der Waals surface area contributed by atoms with Gasteiger partial charge in [-0.05, 0) is 66.8 Å². The summed E-state index contributed by atoms with van der Waals surface area (Å²) in [5, 5.41) is 4.22. The summed E-state index contributed by atoms with van der Waals surface area (Å²) in [5.41, 5.74) is 0.991. The quantitative estimate of drug-likeness (QED) is 0.698. The van der Waals surface area contributed by atoms with Crippen LogP contribution in [0.5, 0.6) is 0 Å². The van der Waals surface area contributed by atoms with Crippen molar-refractivity contribution < 1.29 is 0 Å². The Morgan fingerprint density at radius 3 is 2.65 bits per heavy atom. The topological polar surface area (TPSA) is 12.0 Å². The molecule has 0 aliphatic carbocycles. The van der Waals surface area contributed by atoms with Crippen LogP contribution in [0.1, 0.15) is 22.7 Å². The molecule has 1 unspecified atom stereocenters. The zero-order valence-electron chi connectivity index (χ0n) is 9.63. The Hall–Kier alpha value is -0.260. The number of thiophene rings is 1. The van der Waals surface area contributed by atoms with Gasteiger partial charge in [-0.2, -0.15) is 0 Å². The van der Waals surface area contributed by atoms with Crippen molar-refractivity contribution in [1.29, 1.82) is 0 Å². The van der Waals surface area contributed by atoms with E-state index in [-0.39, 0.29) is 6.04 Å². The van der Waals surface area contributed by atoms with Gasteiger partial charge in [0.15, 0.2) is 0 Å². The van der Waals surface area contributed by atoms with Crippen LogP contribution in [-0.2, 0) is 0 Å². The van der Waals surface area contributed by atoms with E-state index in [1.54, 1.807) is 0 Å². The van der Waals surface area contributed by atoms with Crippen LogP contribution in [0.15, 0.2) is 30.3 Å². The van der Waals surface area contributed by atoms with Crippen molar-refractivity contribution in [1.82, 2.24) is 0 Å². The Morgan fingerprint density at radius 2 is 2.06 bits per heavy atom. The summed E-state index contributed by atoms with van der Waals surface area (Å²) in [6.07, 6.45) is 0. The van der Waals surface area contributed by atoms with Crippen molar-refractivity contribution in [3.8, 4) is 0 Å². The molecule has 2 rings (SSSR count). The van der Waals surface area contributed by atoms with Gasteiger partial charge in [-0.25, -0.2) is 0 Å². The summed E-state index contributed by atoms with van der Waals surface area (Å²) < 4.78 is 1.15. The van der Waals surface area contributed by atoms with E-state index in [9.17, 15) is 0 Å². The monoisotopic (exact) mass is 377 g/mol. The maximum atomic E-state index is 6.20. The van der Waals surface area contributed by atoms with E-state index in [0.717, 1.165) is 14.3 Å². The molecule has 1 nitrogen and oxygen atoms in total. The molecule has 1 aromatic carbocycles. The first-order chi connectivity index (χ1) is 8.06. The van der Waals surface area contributed by atoms with Gasteiger partial charge in [0, 0.05) is 13.3 Å². The van der Waals surface area contributed by atoms with Gasteiger partial charge in [0.1, 0.15) is 0 Å². The van der Waals surface area contributed by atoms with Crippen LogP contribution in [0.4, 0.5) is 5.69 Å². The second kappa shape index (κ2) is 5.59. The smallest absolute Gasteiger partial charge is 0.0648 e. The van der Waals surface area contributed by atoms with Gasteiger partial charge in [-0.1, -0.05) is 11.6 Å². The number of hydrogen-bond donors (Lipinski definition) is 1. The van der Waals surface area contributed by atoms with Crippen LogP contribution < -0.4 is 5.32 Å². The number of anilines is 1. The summed E-state index contributed by atoms with van der Waals surface area (Å²) in [6.45, 7) is 4.28. The average molecular weight is 378 g/mol. The zero-order valence-corrected chi connectivity index (χ0v) is 13.4. The molecule has 4 heteroatoms.